The first-order valence-electron chi connectivity index (χ1n) is 6.51. The third-order valence-corrected chi connectivity index (χ3v) is 3.14. The van der Waals surface area contributed by atoms with Gasteiger partial charge in [0.25, 0.3) is 5.91 Å². The predicted octanol–water partition coefficient (Wildman–Crippen LogP) is 2.41. The molecular formula is C16H18N2O3. The molecule has 2 aromatic carbocycles. The van der Waals surface area contributed by atoms with E-state index in [1.165, 1.54) is 0 Å². The zero-order valence-electron chi connectivity index (χ0n) is 12.1. The molecule has 21 heavy (non-hydrogen) atoms. The molecule has 0 aromatic heterocycles. The van der Waals surface area contributed by atoms with Gasteiger partial charge in [0.1, 0.15) is 11.5 Å². The van der Waals surface area contributed by atoms with Gasteiger partial charge in [-0.05, 0) is 23.8 Å². The summed E-state index contributed by atoms with van der Waals surface area (Å²) in [5.74, 6) is 0.968. The molecule has 0 saturated carbocycles. The lowest BCUT2D eigenvalue weighted by atomic mass is 10.1. The van der Waals surface area contributed by atoms with E-state index >= 15 is 0 Å². The molecule has 0 heterocycles. The standard InChI is InChI=1S/C16H18N2O3/c1-20-12-7-8-15(21-2)14(9-12)18-16(19)13-6-4-3-5-11(13)10-17/h3-9H,10,17H2,1-2H3,(H,18,19). The Morgan fingerprint density at radius 2 is 1.90 bits per heavy atom. The molecule has 0 bridgehead atoms. The summed E-state index contributed by atoms with van der Waals surface area (Å²) in [6.45, 7) is 0.304. The van der Waals surface area contributed by atoms with Gasteiger partial charge in [-0.1, -0.05) is 18.2 Å². The van der Waals surface area contributed by atoms with Crippen LogP contribution in [0.3, 0.4) is 0 Å². The van der Waals surface area contributed by atoms with Crippen LogP contribution in [0.1, 0.15) is 15.9 Å². The van der Waals surface area contributed by atoms with Gasteiger partial charge < -0.3 is 20.5 Å². The second-order valence-corrected chi connectivity index (χ2v) is 4.38. The quantitative estimate of drug-likeness (QED) is 0.885. The summed E-state index contributed by atoms with van der Waals surface area (Å²) < 4.78 is 10.4. The van der Waals surface area contributed by atoms with E-state index in [-0.39, 0.29) is 5.91 Å². The summed E-state index contributed by atoms with van der Waals surface area (Å²) in [6, 6.07) is 12.4. The van der Waals surface area contributed by atoms with Gasteiger partial charge in [-0.2, -0.15) is 0 Å². The van der Waals surface area contributed by atoms with Crippen molar-refractivity contribution >= 4 is 11.6 Å². The maximum Gasteiger partial charge on any atom is 0.256 e. The van der Waals surface area contributed by atoms with Crippen molar-refractivity contribution in [3.8, 4) is 11.5 Å². The molecule has 2 rings (SSSR count). The first-order valence-corrected chi connectivity index (χ1v) is 6.51. The molecule has 0 aliphatic rings. The number of carbonyl (C=O) groups is 1. The van der Waals surface area contributed by atoms with Crippen LogP contribution in [0.4, 0.5) is 5.69 Å². The number of hydrogen-bond donors (Lipinski definition) is 2. The Labute approximate surface area is 123 Å². The lowest BCUT2D eigenvalue weighted by Crippen LogP contribution is -2.16. The molecule has 0 atom stereocenters. The van der Waals surface area contributed by atoms with Crippen molar-refractivity contribution in [3.63, 3.8) is 0 Å². The van der Waals surface area contributed by atoms with Crippen LogP contribution in [0.5, 0.6) is 11.5 Å². The molecule has 1 amide bonds. The number of nitrogens with two attached hydrogens (primary N) is 1. The van der Waals surface area contributed by atoms with Crippen molar-refractivity contribution in [2.45, 2.75) is 6.54 Å². The number of amides is 1. The Hall–Kier alpha value is -2.53. The van der Waals surface area contributed by atoms with Gasteiger partial charge in [-0.3, -0.25) is 4.79 Å². The number of hydrogen-bond acceptors (Lipinski definition) is 4. The monoisotopic (exact) mass is 286 g/mol. The van der Waals surface area contributed by atoms with Gasteiger partial charge in [0.2, 0.25) is 0 Å². The Kier molecular flexibility index (Phi) is 4.79. The molecule has 0 fully saturated rings. The van der Waals surface area contributed by atoms with Crippen molar-refractivity contribution in [1.82, 2.24) is 0 Å². The Morgan fingerprint density at radius 1 is 1.14 bits per heavy atom. The van der Waals surface area contributed by atoms with E-state index in [4.69, 9.17) is 15.2 Å². The zero-order chi connectivity index (χ0) is 15.2. The normalized spacial score (nSPS) is 10.0. The number of nitrogens with one attached hydrogen (secondary N) is 1. The highest BCUT2D eigenvalue weighted by Gasteiger charge is 2.13. The first-order chi connectivity index (χ1) is 10.2. The van der Waals surface area contributed by atoms with E-state index in [9.17, 15) is 4.79 Å². The van der Waals surface area contributed by atoms with Crippen LogP contribution in [0, 0.1) is 0 Å². The van der Waals surface area contributed by atoms with Gasteiger partial charge in [0.15, 0.2) is 0 Å². The van der Waals surface area contributed by atoms with E-state index in [2.05, 4.69) is 5.32 Å². The highest BCUT2D eigenvalue weighted by Crippen LogP contribution is 2.29. The molecule has 3 N–H and O–H groups in total. The number of rotatable bonds is 5. The van der Waals surface area contributed by atoms with Crippen LogP contribution in [-0.4, -0.2) is 20.1 Å². The second kappa shape index (κ2) is 6.76. The third kappa shape index (κ3) is 3.32. The number of carbonyl (C=O) groups excluding carboxylic acids is 1. The number of benzene rings is 2. The highest BCUT2D eigenvalue weighted by atomic mass is 16.5. The summed E-state index contributed by atoms with van der Waals surface area (Å²) in [7, 11) is 3.11. The number of anilines is 1. The van der Waals surface area contributed by atoms with Crippen molar-refractivity contribution in [3.05, 3.63) is 53.6 Å². The van der Waals surface area contributed by atoms with E-state index in [1.807, 2.05) is 12.1 Å². The largest absolute Gasteiger partial charge is 0.497 e. The minimum Gasteiger partial charge on any atom is -0.497 e. The van der Waals surface area contributed by atoms with Crippen molar-refractivity contribution in [2.75, 3.05) is 19.5 Å². The summed E-state index contributed by atoms with van der Waals surface area (Å²) >= 11 is 0. The fourth-order valence-electron chi connectivity index (χ4n) is 2.02. The van der Waals surface area contributed by atoms with Gasteiger partial charge in [0.05, 0.1) is 19.9 Å². The van der Waals surface area contributed by atoms with E-state index in [0.29, 0.717) is 29.3 Å². The van der Waals surface area contributed by atoms with Gasteiger partial charge in [-0.15, -0.1) is 0 Å². The molecule has 0 aliphatic carbocycles. The summed E-state index contributed by atoms with van der Waals surface area (Å²) in [6.07, 6.45) is 0. The maximum atomic E-state index is 12.4. The van der Waals surface area contributed by atoms with Crippen molar-refractivity contribution in [1.29, 1.82) is 0 Å². The molecule has 0 spiro atoms. The molecule has 5 heteroatoms. The van der Waals surface area contributed by atoms with Crippen LogP contribution in [0.25, 0.3) is 0 Å². The zero-order valence-corrected chi connectivity index (χ0v) is 12.1. The van der Waals surface area contributed by atoms with Crippen molar-refractivity contribution in [2.24, 2.45) is 5.73 Å². The molecule has 0 saturated heterocycles. The van der Waals surface area contributed by atoms with Crippen molar-refractivity contribution < 1.29 is 14.3 Å². The minimum atomic E-state index is -0.234. The van der Waals surface area contributed by atoms with Crippen LogP contribution >= 0.6 is 0 Å². The van der Waals surface area contributed by atoms with Gasteiger partial charge in [0, 0.05) is 18.2 Å². The lowest BCUT2D eigenvalue weighted by molar-refractivity contribution is 0.102. The average molecular weight is 286 g/mol. The number of ether oxygens (including phenoxy) is 2. The molecular weight excluding hydrogens is 268 g/mol. The topological polar surface area (TPSA) is 73.6 Å². The Bertz CT molecular complexity index is 641. The molecule has 0 radical (unpaired) electrons. The van der Waals surface area contributed by atoms with Crippen LogP contribution in [-0.2, 0) is 6.54 Å². The molecule has 0 unspecified atom stereocenters. The maximum absolute atomic E-state index is 12.4. The summed E-state index contributed by atoms with van der Waals surface area (Å²) in [5, 5.41) is 2.83. The van der Waals surface area contributed by atoms with Crippen LogP contribution < -0.4 is 20.5 Å². The summed E-state index contributed by atoms with van der Waals surface area (Å²) in [5.41, 5.74) is 7.54. The SMILES string of the molecule is COc1ccc(OC)c(NC(=O)c2ccccc2CN)c1. The molecule has 2 aromatic rings. The van der Waals surface area contributed by atoms with E-state index < -0.39 is 0 Å². The van der Waals surface area contributed by atoms with Crippen LogP contribution in [0.15, 0.2) is 42.5 Å². The molecule has 0 aliphatic heterocycles. The predicted molar refractivity (Wildman–Crippen MR) is 81.8 cm³/mol. The molecule has 5 nitrogen and oxygen atoms in total. The van der Waals surface area contributed by atoms with E-state index in [1.54, 1.807) is 44.6 Å². The fraction of sp³-hybridized carbons (Fsp3) is 0.188. The highest BCUT2D eigenvalue weighted by molar-refractivity contribution is 6.06. The lowest BCUT2D eigenvalue weighted by Gasteiger charge is -2.13. The molecule has 110 valence electrons. The Morgan fingerprint density at radius 3 is 2.57 bits per heavy atom. The fourth-order valence-corrected chi connectivity index (χ4v) is 2.02. The van der Waals surface area contributed by atoms with Gasteiger partial charge in [-0.25, -0.2) is 0 Å². The minimum absolute atomic E-state index is 0.234. The van der Waals surface area contributed by atoms with Crippen LogP contribution in [0.2, 0.25) is 0 Å². The number of methoxy groups -OCH3 is 2. The Balaban J connectivity index is 2.30. The average Bonchev–Trinajstić information content (AvgIpc) is 2.54. The summed E-state index contributed by atoms with van der Waals surface area (Å²) in [4.78, 5) is 12.4. The first kappa shape index (κ1) is 14.9. The van der Waals surface area contributed by atoms with E-state index in [0.717, 1.165) is 5.56 Å². The van der Waals surface area contributed by atoms with Gasteiger partial charge >= 0.3 is 0 Å². The third-order valence-electron chi connectivity index (χ3n) is 3.14. The smallest absolute Gasteiger partial charge is 0.256 e. The second-order valence-electron chi connectivity index (χ2n) is 4.38.